The minimum atomic E-state index is 0.786. The van der Waals surface area contributed by atoms with Gasteiger partial charge in [-0.3, -0.25) is 0 Å². The number of nitrogens with one attached hydrogen (secondary N) is 1. The fraction of sp³-hybridized carbons (Fsp3) is 0.385. The van der Waals surface area contributed by atoms with Crippen LogP contribution in [0.25, 0.3) is 0 Å². The number of rotatable bonds is 5. The number of nitrogens with zero attached hydrogens (tertiary/aromatic N) is 3. The highest BCUT2D eigenvalue weighted by Gasteiger charge is 2.08. The molecule has 18 heavy (non-hydrogen) atoms. The van der Waals surface area contributed by atoms with Crippen molar-refractivity contribution in [3.05, 3.63) is 34.8 Å². The standard InChI is InChI=1S/C13H18N4S/c1-4-14-13-16-15-12(18-13)9-17(3)11-8-6-5-7-10(11)2/h5-8H,4,9H2,1-3H3,(H,14,16). The number of aryl methyl sites for hydroxylation is 1. The average molecular weight is 262 g/mol. The lowest BCUT2D eigenvalue weighted by molar-refractivity contribution is 0.876. The van der Waals surface area contributed by atoms with Crippen LogP contribution in [-0.4, -0.2) is 23.8 Å². The highest BCUT2D eigenvalue weighted by molar-refractivity contribution is 7.15. The molecule has 2 rings (SSSR count). The van der Waals surface area contributed by atoms with Crippen molar-refractivity contribution < 1.29 is 0 Å². The third-order valence-corrected chi connectivity index (χ3v) is 3.56. The first kappa shape index (κ1) is 12.8. The summed E-state index contributed by atoms with van der Waals surface area (Å²) in [7, 11) is 2.08. The lowest BCUT2D eigenvalue weighted by atomic mass is 10.2. The number of anilines is 2. The van der Waals surface area contributed by atoms with Gasteiger partial charge in [-0.15, -0.1) is 10.2 Å². The first-order valence-electron chi connectivity index (χ1n) is 6.03. The second kappa shape index (κ2) is 5.82. The number of hydrogen-bond donors (Lipinski definition) is 1. The smallest absolute Gasteiger partial charge is 0.205 e. The summed E-state index contributed by atoms with van der Waals surface area (Å²) in [5, 5.41) is 13.4. The summed E-state index contributed by atoms with van der Waals surface area (Å²) in [5.74, 6) is 0. The molecule has 0 saturated carbocycles. The van der Waals surface area contributed by atoms with E-state index in [1.807, 2.05) is 0 Å². The average Bonchev–Trinajstić information content (AvgIpc) is 2.77. The maximum absolute atomic E-state index is 4.19. The summed E-state index contributed by atoms with van der Waals surface area (Å²) >= 11 is 1.61. The topological polar surface area (TPSA) is 41.1 Å². The molecule has 0 fully saturated rings. The van der Waals surface area contributed by atoms with Gasteiger partial charge in [-0.1, -0.05) is 29.5 Å². The Hall–Kier alpha value is -1.62. The van der Waals surface area contributed by atoms with E-state index in [1.54, 1.807) is 11.3 Å². The molecule has 2 aromatic rings. The largest absolute Gasteiger partial charge is 0.368 e. The molecule has 0 aliphatic rings. The van der Waals surface area contributed by atoms with Gasteiger partial charge in [-0.25, -0.2) is 0 Å². The molecule has 0 radical (unpaired) electrons. The second-order valence-corrected chi connectivity index (χ2v) is 5.24. The monoisotopic (exact) mass is 262 g/mol. The van der Waals surface area contributed by atoms with Crippen LogP contribution in [0.5, 0.6) is 0 Å². The summed E-state index contributed by atoms with van der Waals surface area (Å²) in [6, 6.07) is 8.36. The lowest BCUT2D eigenvalue weighted by Crippen LogP contribution is -2.17. The van der Waals surface area contributed by atoms with Gasteiger partial charge < -0.3 is 10.2 Å². The van der Waals surface area contributed by atoms with Crippen molar-refractivity contribution in [1.82, 2.24) is 10.2 Å². The van der Waals surface area contributed by atoms with Crippen LogP contribution in [0.3, 0.4) is 0 Å². The molecule has 0 bridgehead atoms. The van der Waals surface area contributed by atoms with Crippen LogP contribution < -0.4 is 10.2 Å². The van der Waals surface area contributed by atoms with Crippen LogP contribution in [0, 0.1) is 6.92 Å². The molecule has 0 aliphatic carbocycles. The van der Waals surface area contributed by atoms with Gasteiger partial charge in [0.15, 0.2) is 0 Å². The Balaban J connectivity index is 2.06. The predicted octanol–water partition coefficient (Wildman–Crippen LogP) is 2.91. The number of aromatic nitrogens is 2. The molecule has 96 valence electrons. The molecule has 4 nitrogen and oxygen atoms in total. The second-order valence-electron chi connectivity index (χ2n) is 4.17. The Bertz CT molecular complexity index is 509. The maximum Gasteiger partial charge on any atom is 0.205 e. The fourth-order valence-corrected chi connectivity index (χ4v) is 2.68. The zero-order valence-corrected chi connectivity index (χ0v) is 11.8. The quantitative estimate of drug-likeness (QED) is 0.899. The molecular formula is C13H18N4S. The Labute approximate surface area is 112 Å². The zero-order valence-electron chi connectivity index (χ0n) is 11.0. The van der Waals surface area contributed by atoms with E-state index in [9.17, 15) is 0 Å². The van der Waals surface area contributed by atoms with E-state index in [1.165, 1.54) is 11.3 Å². The Morgan fingerprint density at radius 1 is 1.28 bits per heavy atom. The van der Waals surface area contributed by atoms with Crippen molar-refractivity contribution in [2.75, 3.05) is 23.8 Å². The van der Waals surface area contributed by atoms with Crippen LogP contribution in [0.15, 0.2) is 24.3 Å². The third kappa shape index (κ3) is 2.98. The molecule has 1 aromatic heterocycles. The van der Waals surface area contributed by atoms with Gasteiger partial charge in [-0.2, -0.15) is 0 Å². The van der Waals surface area contributed by atoms with Gasteiger partial charge in [0.25, 0.3) is 0 Å². The van der Waals surface area contributed by atoms with Crippen molar-refractivity contribution in [1.29, 1.82) is 0 Å². The van der Waals surface area contributed by atoms with Crippen LogP contribution in [-0.2, 0) is 6.54 Å². The van der Waals surface area contributed by atoms with Crippen LogP contribution in [0.1, 0.15) is 17.5 Å². The Morgan fingerprint density at radius 3 is 2.78 bits per heavy atom. The molecule has 0 amide bonds. The highest BCUT2D eigenvalue weighted by Crippen LogP contribution is 2.22. The molecular weight excluding hydrogens is 244 g/mol. The van der Waals surface area contributed by atoms with Crippen LogP contribution >= 0.6 is 11.3 Å². The molecule has 5 heteroatoms. The minimum absolute atomic E-state index is 0.786. The predicted molar refractivity (Wildman–Crippen MR) is 77.4 cm³/mol. The van der Waals surface area contributed by atoms with Crippen molar-refractivity contribution in [2.24, 2.45) is 0 Å². The van der Waals surface area contributed by atoms with E-state index in [4.69, 9.17) is 0 Å². The third-order valence-electron chi connectivity index (χ3n) is 2.69. The molecule has 0 aliphatic heterocycles. The molecule has 0 unspecified atom stereocenters. The Kier molecular flexibility index (Phi) is 4.15. The van der Waals surface area contributed by atoms with Gasteiger partial charge in [0.2, 0.25) is 5.13 Å². The van der Waals surface area contributed by atoms with Crippen LogP contribution in [0.2, 0.25) is 0 Å². The molecule has 1 aromatic carbocycles. The van der Waals surface area contributed by atoms with Crippen molar-refractivity contribution in [3.8, 4) is 0 Å². The van der Waals surface area contributed by atoms with Crippen molar-refractivity contribution in [3.63, 3.8) is 0 Å². The molecule has 0 atom stereocenters. The van der Waals surface area contributed by atoms with Crippen molar-refractivity contribution >= 4 is 22.2 Å². The zero-order chi connectivity index (χ0) is 13.0. The van der Waals surface area contributed by atoms with Crippen LogP contribution in [0.4, 0.5) is 10.8 Å². The SMILES string of the molecule is CCNc1nnc(CN(C)c2ccccc2C)s1. The molecule has 1 heterocycles. The minimum Gasteiger partial charge on any atom is -0.368 e. The van der Waals surface area contributed by atoms with E-state index >= 15 is 0 Å². The van der Waals surface area contributed by atoms with E-state index in [0.29, 0.717) is 0 Å². The molecule has 0 saturated heterocycles. The van der Waals surface area contributed by atoms with Gasteiger partial charge >= 0.3 is 0 Å². The number of hydrogen-bond acceptors (Lipinski definition) is 5. The lowest BCUT2D eigenvalue weighted by Gasteiger charge is -2.19. The van der Waals surface area contributed by atoms with Gasteiger partial charge in [0.1, 0.15) is 5.01 Å². The summed E-state index contributed by atoms with van der Waals surface area (Å²) in [6.07, 6.45) is 0. The maximum atomic E-state index is 4.19. The molecule has 1 N–H and O–H groups in total. The van der Waals surface area contributed by atoms with Gasteiger partial charge in [0.05, 0.1) is 6.54 Å². The van der Waals surface area contributed by atoms with E-state index in [2.05, 4.69) is 65.6 Å². The normalized spacial score (nSPS) is 10.4. The number of benzene rings is 1. The van der Waals surface area contributed by atoms with E-state index in [0.717, 1.165) is 23.2 Å². The van der Waals surface area contributed by atoms with Gasteiger partial charge in [0, 0.05) is 19.3 Å². The summed E-state index contributed by atoms with van der Waals surface area (Å²) in [5.41, 5.74) is 2.51. The summed E-state index contributed by atoms with van der Waals surface area (Å²) < 4.78 is 0. The number of para-hydroxylation sites is 1. The van der Waals surface area contributed by atoms with E-state index in [-0.39, 0.29) is 0 Å². The Morgan fingerprint density at radius 2 is 2.06 bits per heavy atom. The van der Waals surface area contributed by atoms with Gasteiger partial charge in [-0.05, 0) is 25.5 Å². The first-order chi connectivity index (χ1) is 8.70. The summed E-state index contributed by atoms with van der Waals surface area (Å²) in [6.45, 7) is 5.84. The fourth-order valence-electron chi connectivity index (χ4n) is 1.82. The highest BCUT2D eigenvalue weighted by atomic mass is 32.1. The first-order valence-corrected chi connectivity index (χ1v) is 6.85. The van der Waals surface area contributed by atoms with Crippen molar-refractivity contribution in [2.45, 2.75) is 20.4 Å². The summed E-state index contributed by atoms with van der Waals surface area (Å²) in [4.78, 5) is 2.20. The van der Waals surface area contributed by atoms with E-state index < -0.39 is 0 Å². The molecule has 0 spiro atoms.